The minimum absolute atomic E-state index is 0. The first-order valence-corrected chi connectivity index (χ1v) is 12.8. The van der Waals surface area contributed by atoms with Crippen molar-refractivity contribution in [2.24, 2.45) is 0 Å². The normalized spacial score (nSPS) is 9.84. The summed E-state index contributed by atoms with van der Waals surface area (Å²) >= 11 is 0. The van der Waals surface area contributed by atoms with Gasteiger partial charge in [-0.15, -0.1) is 67.9 Å². The van der Waals surface area contributed by atoms with Crippen LogP contribution in [0.5, 0.6) is 0 Å². The number of nitrogens with one attached hydrogen (secondary N) is 4. The Hall–Kier alpha value is 0.200. The van der Waals surface area contributed by atoms with Crippen molar-refractivity contribution in [3.05, 3.63) is 68.8 Å². The summed E-state index contributed by atoms with van der Waals surface area (Å²) in [5, 5.41) is 14.3. The molecule has 2 aromatic rings. The summed E-state index contributed by atoms with van der Waals surface area (Å²) in [5.41, 5.74) is 11.2. The lowest BCUT2D eigenvalue weighted by atomic mass is 10.00. The topological polar surface area (TPSA) is 48.1 Å². The van der Waals surface area contributed by atoms with Crippen LogP contribution in [0.4, 0.5) is 0 Å². The fourth-order valence-corrected chi connectivity index (χ4v) is 4.67. The molecule has 38 heavy (non-hydrogen) atoms. The molecule has 8 heteroatoms. The maximum absolute atomic E-state index is 3.60. The van der Waals surface area contributed by atoms with Crippen molar-refractivity contribution in [1.82, 2.24) is 21.3 Å². The predicted molar refractivity (Wildman–Crippen MR) is 192 cm³/mol. The maximum Gasteiger partial charge on any atom is 0.0210 e. The summed E-state index contributed by atoms with van der Waals surface area (Å²) in [6.45, 7) is 21.6. The summed E-state index contributed by atoms with van der Waals surface area (Å²) in [7, 11) is 0. The Labute approximate surface area is 276 Å². The molecule has 0 radical (unpaired) electrons. The van der Waals surface area contributed by atoms with Crippen molar-refractivity contribution in [1.29, 1.82) is 0 Å². The zero-order valence-corrected chi connectivity index (χ0v) is 30.6. The fraction of sp³-hybridized carbons (Fsp3) is 0.600. The summed E-state index contributed by atoms with van der Waals surface area (Å²) < 4.78 is 0. The number of hydrogen-bond acceptors (Lipinski definition) is 4. The van der Waals surface area contributed by atoms with E-state index in [1.807, 2.05) is 0 Å². The molecule has 0 fully saturated rings. The van der Waals surface area contributed by atoms with Gasteiger partial charge in [0.25, 0.3) is 0 Å². The third kappa shape index (κ3) is 17.8. The Bertz CT molecular complexity index is 747. The first kappa shape index (κ1) is 45.2. The van der Waals surface area contributed by atoms with Gasteiger partial charge in [0, 0.05) is 13.1 Å². The molecule has 224 valence electrons. The molecule has 0 saturated heterocycles. The van der Waals surface area contributed by atoms with Gasteiger partial charge in [-0.05, 0) is 133 Å². The quantitative estimate of drug-likeness (QED) is 0.132. The molecule has 0 bridgehead atoms. The van der Waals surface area contributed by atoms with Crippen molar-refractivity contribution in [3.63, 3.8) is 0 Å². The average molecular weight is 792 g/mol. The number of halogens is 4. The molecule has 0 heterocycles. The summed E-state index contributed by atoms with van der Waals surface area (Å²) in [6, 6.07) is 9.12. The first-order valence-electron chi connectivity index (χ1n) is 12.8. The lowest BCUT2D eigenvalue weighted by Crippen LogP contribution is -2.27. The Kier molecular flexibility index (Phi) is 31.1. The third-order valence-electron chi connectivity index (χ3n) is 6.41. The predicted octanol–water partition coefficient (Wildman–Crippen LogP) is 7.71. The van der Waals surface area contributed by atoms with Crippen LogP contribution in [0.25, 0.3) is 0 Å². The van der Waals surface area contributed by atoms with Gasteiger partial charge in [-0.3, -0.25) is 0 Å². The van der Waals surface area contributed by atoms with E-state index in [2.05, 4.69) is 87.1 Å². The number of aryl methyl sites for hydroxylation is 6. The smallest absolute Gasteiger partial charge is 0.0210 e. The van der Waals surface area contributed by atoms with Gasteiger partial charge in [0.05, 0.1) is 0 Å². The SMILES string of the molecule is Br.Br.Br.Br.C.Cc1cc(C)c(CNCCCNCCCNCCCNCc2c(C)cc(C)cc2C)c(C)c1. The summed E-state index contributed by atoms with van der Waals surface area (Å²) in [5.74, 6) is 0. The Morgan fingerprint density at radius 3 is 0.921 bits per heavy atom. The van der Waals surface area contributed by atoms with E-state index in [4.69, 9.17) is 0 Å². The van der Waals surface area contributed by atoms with E-state index < -0.39 is 0 Å². The highest BCUT2D eigenvalue weighted by Crippen LogP contribution is 2.16. The second-order valence-corrected chi connectivity index (χ2v) is 9.67. The van der Waals surface area contributed by atoms with Crippen LogP contribution >= 0.6 is 67.9 Å². The van der Waals surface area contributed by atoms with Crippen molar-refractivity contribution in [3.8, 4) is 0 Å². The van der Waals surface area contributed by atoms with Gasteiger partial charge in [0.1, 0.15) is 0 Å². The first-order chi connectivity index (χ1) is 15.9. The second kappa shape index (κ2) is 26.1. The van der Waals surface area contributed by atoms with E-state index >= 15 is 0 Å². The Morgan fingerprint density at radius 1 is 0.421 bits per heavy atom. The average Bonchev–Trinajstić information content (AvgIpc) is 2.73. The third-order valence-corrected chi connectivity index (χ3v) is 6.41. The molecule has 2 aromatic carbocycles. The van der Waals surface area contributed by atoms with E-state index in [1.165, 1.54) is 63.8 Å². The van der Waals surface area contributed by atoms with Crippen LogP contribution in [-0.2, 0) is 13.1 Å². The zero-order valence-electron chi connectivity index (χ0n) is 23.7. The zero-order chi connectivity index (χ0) is 24.1. The summed E-state index contributed by atoms with van der Waals surface area (Å²) in [4.78, 5) is 0. The second-order valence-electron chi connectivity index (χ2n) is 9.67. The number of benzene rings is 2. The van der Waals surface area contributed by atoms with E-state index in [1.54, 1.807) is 0 Å². The monoisotopic (exact) mass is 788 g/mol. The van der Waals surface area contributed by atoms with Gasteiger partial charge in [0.15, 0.2) is 0 Å². The molecule has 0 aliphatic carbocycles. The van der Waals surface area contributed by atoms with Crippen LogP contribution in [0.15, 0.2) is 24.3 Å². The molecular weight excluding hydrogens is 736 g/mol. The van der Waals surface area contributed by atoms with Crippen LogP contribution < -0.4 is 21.3 Å². The molecule has 0 aliphatic rings. The van der Waals surface area contributed by atoms with Crippen molar-refractivity contribution in [2.75, 3.05) is 39.3 Å². The molecule has 0 unspecified atom stereocenters. The fourth-order valence-electron chi connectivity index (χ4n) is 4.67. The molecule has 0 atom stereocenters. The molecule has 0 aromatic heterocycles. The van der Waals surface area contributed by atoms with E-state index in [0.717, 1.165) is 52.4 Å². The lowest BCUT2D eigenvalue weighted by molar-refractivity contribution is 0.551. The minimum atomic E-state index is 0. The largest absolute Gasteiger partial charge is 0.317 e. The van der Waals surface area contributed by atoms with Crippen molar-refractivity contribution in [2.45, 2.75) is 81.3 Å². The molecule has 0 spiro atoms. The van der Waals surface area contributed by atoms with Crippen LogP contribution in [0.1, 0.15) is 71.2 Å². The molecule has 0 amide bonds. The van der Waals surface area contributed by atoms with Gasteiger partial charge in [-0.1, -0.05) is 42.8 Å². The number of rotatable bonds is 16. The van der Waals surface area contributed by atoms with Gasteiger partial charge in [-0.2, -0.15) is 0 Å². The molecular formula is C30H56Br4N4. The van der Waals surface area contributed by atoms with Crippen molar-refractivity contribution < 1.29 is 0 Å². The van der Waals surface area contributed by atoms with Crippen LogP contribution in [0.2, 0.25) is 0 Å². The highest BCUT2D eigenvalue weighted by molar-refractivity contribution is 8.93. The van der Waals surface area contributed by atoms with E-state index in [9.17, 15) is 0 Å². The van der Waals surface area contributed by atoms with Crippen LogP contribution in [-0.4, -0.2) is 39.3 Å². The van der Waals surface area contributed by atoms with E-state index in [-0.39, 0.29) is 75.4 Å². The molecule has 2 rings (SSSR count). The molecule has 0 aliphatic heterocycles. The highest BCUT2D eigenvalue weighted by Gasteiger charge is 2.04. The van der Waals surface area contributed by atoms with E-state index in [0.29, 0.717) is 0 Å². The van der Waals surface area contributed by atoms with Crippen LogP contribution in [0.3, 0.4) is 0 Å². The van der Waals surface area contributed by atoms with Gasteiger partial charge < -0.3 is 21.3 Å². The van der Waals surface area contributed by atoms with Crippen molar-refractivity contribution >= 4 is 67.9 Å². The van der Waals surface area contributed by atoms with Gasteiger partial charge >= 0.3 is 0 Å². The van der Waals surface area contributed by atoms with Gasteiger partial charge in [0.2, 0.25) is 0 Å². The molecule has 4 N–H and O–H groups in total. The lowest BCUT2D eigenvalue weighted by Gasteiger charge is -2.13. The van der Waals surface area contributed by atoms with Crippen LogP contribution in [0, 0.1) is 41.5 Å². The highest BCUT2D eigenvalue weighted by atomic mass is 79.9. The number of hydrogen-bond donors (Lipinski definition) is 4. The molecule has 0 saturated carbocycles. The molecule has 4 nitrogen and oxygen atoms in total. The minimum Gasteiger partial charge on any atom is -0.317 e. The Morgan fingerprint density at radius 2 is 0.658 bits per heavy atom. The Balaban J connectivity index is -0.00000116. The maximum atomic E-state index is 3.60. The standard InChI is InChI=1S/C29H48N4.CH4.4BrH/c1-22-16-24(3)28(25(4)17-22)20-32-14-8-12-30-10-7-11-31-13-9-15-33-21-29-26(5)18-23(2)19-27(29)6;;;;;/h16-19,30-33H,7-15,20-21H2,1-6H3;1H4;4*1H. The van der Waals surface area contributed by atoms with Gasteiger partial charge in [-0.25, -0.2) is 0 Å². The summed E-state index contributed by atoms with van der Waals surface area (Å²) in [6.07, 6.45) is 3.52.